The first-order valence-corrected chi connectivity index (χ1v) is 8.03. The highest BCUT2D eigenvalue weighted by Crippen LogP contribution is 2.28. The molecule has 0 amide bonds. The normalized spacial score (nSPS) is 27.6. The molecule has 2 aliphatic rings. The Bertz CT molecular complexity index is 386. The van der Waals surface area contributed by atoms with Gasteiger partial charge in [0.25, 0.3) is 0 Å². The monoisotopic (exact) mass is 277 g/mol. The first-order valence-electron chi connectivity index (χ1n) is 8.03. The van der Waals surface area contributed by atoms with Crippen molar-refractivity contribution in [3.05, 3.63) is 24.2 Å². The molecule has 0 bridgehead atoms. The quantitative estimate of drug-likeness (QED) is 0.911. The molecule has 2 unspecified atom stereocenters. The van der Waals surface area contributed by atoms with Crippen LogP contribution in [0, 0.1) is 5.92 Å². The summed E-state index contributed by atoms with van der Waals surface area (Å²) in [6.07, 6.45) is 4.50. The van der Waals surface area contributed by atoms with E-state index >= 15 is 0 Å². The Labute approximate surface area is 122 Å². The lowest BCUT2D eigenvalue weighted by atomic mass is 9.98. The van der Waals surface area contributed by atoms with E-state index in [1.807, 2.05) is 12.3 Å². The minimum atomic E-state index is 0.422. The van der Waals surface area contributed by atoms with Crippen molar-refractivity contribution in [1.29, 1.82) is 0 Å². The second-order valence-electron chi connectivity index (χ2n) is 6.32. The third-order valence-corrected chi connectivity index (χ3v) is 4.64. The molecule has 3 heterocycles. The van der Waals surface area contributed by atoms with Crippen LogP contribution in [0.3, 0.4) is 0 Å². The van der Waals surface area contributed by atoms with Crippen LogP contribution in [0.15, 0.2) is 22.8 Å². The Morgan fingerprint density at radius 1 is 1.35 bits per heavy atom. The number of piperidine rings is 1. The van der Waals surface area contributed by atoms with Gasteiger partial charge in [0.05, 0.1) is 12.3 Å². The minimum absolute atomic E-state index is 0.422. The van der Waals surface area contributed by atoms with Crippen molar-refractivity contribution in [3.8, 4) is 0 Å². The maximum Gasteiger partial charge on any atom is 0.122 e. The van der Waals surface area contributed by atoms with Crippen LogP contribution in [0.2, 0.25) is 0 Å². The van der Waals surface area contributed by atoms with Crippen LogP contribution in [0.1, 0.15) is 31.6 Å². The van der Waals surface area contributed by atoms with Crippen LogP contribution >= 0.6 is 0 Å². The Kier molecular flexibility index (Phi) is 4.76. The average molecular weight is 277 g/mol. The highest BCUT2D eigenvalue weighted by atomic mass is 16.3. The highest BCUT2D eigenvalue weighted by molar-refractivity contribution is 5.06. The van der Waals surface area contributed by atoms with Crippen molar-refractivity contribution in [2.45, 2.75) is 25.8 Å². The van der Waals surface area contributed by atoms with Crippen LogP contribution in [-0.2, 0) is 0 Å². The number of likely N-dealkylation sites (tertiary alicyclic amines) is 1. The van der Waals surface area contributed by atoms with E-state index in [9.17, 15) is 0 Å². The van der Waals surface area contributed by atoms with Crippen LogP contribution < -0.4 is 5.32 Å². The fraction of sp³-hybridized carbons (Fsp3) is 0.750. The predicted octanol–water partition coefficient (Wildman–Crippen LogP) is 1.96. The van der Waals surface area contributed by atoms with Crippen molar-refractivity contribution in [3.63, 3.8) is 0 Å². The lowest BCUT2D eigenvalue weighted by Crippen LogP contribution is -2.48. The Morgan fingerprint density at radius 2 is 2.20 bits per heavy atom. The number of furan rings is 1. The molecule has 1 aromatic rings. The molecule has 0 saturated carbocycles. The van der Waals surface area contributed by atoms with Crippen LogP contribution in [0.5, 0.6) is 0 Å². The molecule has 1 N–H and O–H groups in total. The lowest BCUT2D eigenvalue weighted by Gasteiger charge is -2.39. The number of nitrogens with zero attached hydrogens (tertiary/aromatic N) is 2. The van der Waals surface area contributed by atoms with E-state index in [-0.39, 0.29) is 0 Å². The van der Waals surface area contributed by atoms with Crippen molar-refractivity contribution in [1.82, 2.24) is 15.1 Å². The molecule has 0 aliphatic carbocycles. The van der Waals surface area contributed by atoms with E-state index in [2.05, 4.69) is 28.1 Å². The average Bonchev–Trinajstić information content (AvgIpc) is 3.00. The molecule has 0 spiro atoms. The molecule has 0 aromatic carbocycles. The van der Waals surface area contributed by atoms with Crippen molar-refractivity contribution in [2.75, 3.05) is 45.8 Å². The third-order valence-electron chi connectivity index (χ3n) is 4.64. The highest BCUT2D eigenvalue weighted by Gasteiger charge is 2.28. The molecule has 112 valence electrons. The van der Waals surface area contributed by atoms with Gasteiger partial charge in [0.15, 0.2) is 0 Å². The number of nitrogens with one attached hydrogen (secondary N) is 1. The molecular weight excluding hydrogens is 250 g/mol. The largest absolute Gasteiger partial charge is 0.468 e. The van der Waals surface area contributed by atoms with Gasteiger partial charge >= 0.3 is 0 Å². The van der Waals surface area contributed by atoms with E-state index in [1.54, 1.807) is 0 Å². The van der Waals surface area contributed by atoms with Crippen molar-refractivity contribution in [2.24, 2.45) is 5.92 Å². The summed E-state index contributed by atoms with van der Waals surface area (Å²) in [6.45, 7) is 10.4. The second kappa shape index (κ2) is 6.74. The number of piperazine rings is 1. The topological polar surface area (TPSA) is 31.6 Å². The van der Waals surface area contributed by atoms with Gasteiger partial charge in [-0.2, -0.15) is 0 Å². The molecule has 4 nitrogen and oxygen atoms in total. The van der Waals surface area contributed by atoms with Gasteiger partial charge in [0.2, 0.25) is 0 Å². The second-order valence-corrected chi connectivity index (χ2v) is 6.32. The number of hydrogen-bond donors (Lipinski definition) is 1. The molecule has 3 rings (SSSR count). The summed E-state index contributed by atoms with van der Waals surface area (Å²) in [6, 6.07) is 4.59. The van der Waals surface area contributed by atoms with Gasteiger partial charge in [-0.1, -0.05) is 6.92 Å². The summed E-state index contributed by atoms with van der Waals surface area (Å²) in [4.78, 5) is 5.21. The van der Waals surface area contributed by atoms with Crippen LogP contribution in [-0.4, -0.2) is 55.6 Å². The van der Waals surface area contributed by atoms with Gasteiger partial charge in [0.1, 0.15) is 5.76 Å². The number of rotatable bonds is 4. The molecule has 20 heavy (non-hydrogen) atoms. The Hall–Kier alpha value is -0.840. The first kappa shape index (κ1) is 14.1. The third kappa shape index (κ3) is 3.43. The molecule has 1 aromatic heterocycles. The molecule has 2 aliphatic heterocycles. The fourth-order valence-electron chi connectivity index (χ4n) is 3.51. The molecule has 2 fully saturated rings. The van der Waals surface area contributed by atoms with Crippen LogP contribution in [0.25, 0.3) is 0 Å². The SMILES string of the molecule is CC1CCCN(C(CN2CCNCC2)c2ccco2)C1. The van der Waals surface area contributed by atoms with E-state index in [4.69, 9.17) is 4.42 Å². The number of hydrogen-bond acceptors (Lipinski definition) is 4. The van der Waals surface area contributed by atoms with Crippen LogP contribution in [0.4, 0.5) is 0 Å². The zero-order valence-corrected chi connectivity index (χ0v) is 12.6. The molecule has 2 atom stereocenters. The predicted molar refractivity (Wildman–Crippen MR) is 80.7 cm³/mol. The maximum absolute atomic E-state index is 5.74. The standard InChI is InChI=1S/C16H27N3O/c1-14-4-2-8-19(12-14)15(16-5-3-11-20-16)13-18-9-6-17-7-10-18/h3,5,11,14-15,17H,2,4,6-10,12-13H2,1H3. The van der Waals surface area contributed by atoms with Gasteiger partial charge in [0, 0.05) is 39.3 Å². The van der Waals surface area contributed by atoms with Crippen molar-refractivity contribution < 1.29 is 4.42 Å². The summed E-state index contributed by atoms with van der Waals surface area (Å²) >= 11 is 0. The van der Waals surface area contributed by atoms with Gasteiger partial charge in [-0.25, -0.2) is 0 Å². The first-order chi connectivity index (χ1) is 9.83. The van der Waals surface area contributed by atoms with Gasteiger partial charge < -0.3 is 9.73 Å². The smallest absolute Gasteiger partial charge is 0.122 e. The Balaban J connectivity index is 1.69. The molecular formula is C16H27N3O. The zero-order chi connectivity index (χ0) is 13.8. The lowest BCUT2D eigenvalue weighted by molar-refractivity contribution is 0.0792. The summed E-state index contributed by atoms with van der Waals surface area (Å²) in [5.74, 6) is 1.95. The molecule has 2 saturated heterocycles. The molecule has 4 heteroatoms. The summed E-state index contributed by atoms with van der Waals surface area (Å²) in [5, 5.41) is 3.43. The molecule has 0 radical (unpaired) electrons. The van der Waals surface area contributed by atoms with E-state index in [0.29, 0.717) is 6.04 Å². The van der Waals surface area contributed by atoms with E-state index in [0.717, 1.165) is 44.4 Å². The minimum Gasteiger partial charge on any atom is -0.468 e. The van der Waals surface area contributed by atoms with Gasteiger partial charge in [-0.05, 0) is 37.4 Å². The summed E-state index contributed by atoms with van der Waals surface area (Å²) < 4.78 is 5.74. The van der Waals surface area contributed by atoms with E-state index < -0.39 is 0 Å². The Morgan fingerprint density at radius 3 is 2.90 bits per heavy atom. The zero-order valence-electron chi connectivity index (χ0n) is 12.6. The van der Waals surface area contributed by atoms with E-state index in [1.165, 1.54) is 25.9 Å². The van der Waals surface area contributed by atoms with Gasteiger partial charge in [-0.3, -0.25) is 9.80 Å². The van der Waals surface area contributed by atoms with Crippen molar-refractivity contribution >= 4 is 0 Å². The summed E-state index contributed by atoms with van der Waals surface area (Å²) in [5.41, 5.74) is 0. The summed E-state index contributed by atoms with van der Waals surface area (Å²) in [7, 11) is 0. The van der Waals surface area contributed by atoms with Gasteiger partial charge in [-0.15, -0.1) is 0 Å². The maximum atomic E-state index is 5.74. The fourth-order valence-corrected chi connectivity index (χ4v) is 3.51.